The van der Waals surface area contributed by atoms with Crippen molar-refractivity contribution in [1.82, 2.24) is 0 Å². The third kappa shape index (κ3) is 3.25. The van der Waals surface area contributed by atoms with E-state index >= 15 is 0 Å². The van der Waals surface area contributed by atoms with Crippen LogP contribution in [0.4, 0.5) is 5.69 Å². The molecule has 0 bridgehead atoms. The van der Waals surface area contributed by atoms with Gasteiger partial charge in [-0.3, -0.25) is 4.79 Å². The second-order valence-corrected chi connectivity index (χ2v) is 5.70. The third-order valence-electron chi connectivity index (χ3n) is 3.17. The summed E-state index contributed by atoms with van der Waals surface area (Å²) in [5, 5.41) is 14.5. The van der Waals surface area contributed by atoms with Crippen molar-refractivity contribution in [2.24, 2.45) is 0 Å². The fraction of sp³-hybridized carbons (Fsp3) is 0.250. The van der Waals surface area contributed by atoms with Crippen molar-refractivity contribution < 1.29 is 4.79 Å². The van der Waals surface area contributed by atoms with Gasteiger partial charge in [-0.05, 0) is 36.6 Å². The highest BCUT2D eigenvalue weighted by Crippen LogP contribution is 2.23. The Morgan fingerprint density at radius 3 is 2.85 bits per heavy atom. The molecule has 1 unspecified atom stereocenters. The molecule has 0 fully saturated rings. The Balaban J connectivity index is 2.14. The first-order chi connectivity index (χ1) is 9.61. The molecule has 0 saturated carbocycles. The quantitative estimate of drug-likeness (QED) is 0.843. The minimum Gasteiger partial charge on any atom is -0.383 e. The lowest BCUT2D eigenvalue weighted by Gasteiger charge is -2.13. The molecule has 1 aromatic heterocycles. The maximum absolute atomic E-state index is 11.4. The molecule has 20 heavy (non-hydrogen) atoms. The number of hydrogen-bond donors (Lipinski definition) is 1. The molecule has 0 aliphatic carbocycles. The van der Waals surface area contributed by atoms with Crippen molar-refractivity contribution in [3.63, 3.8) is 0 Å². The van der Waals surface area contributed by atoms with Gasteiger partial charge < -0.3 is 5.32 Å². The van der Waals surface area contributed by atoms with Crippen LogP contribution in [0.1, 0.15) is 40.6 Å². The molecule has 1 atom stereocenters. The summed E-state index contributed by atoms with van der Waals surface area (Å²) in [7, 11) is 0. The van der Waals surface area contributed by atoms with Crippen LogP contribution < -0.4 is 5.32 Å². The van der Waals surface area contributed by atoms with Crippen LogP contribution in [0.3, 0.4) is 0 Å². The Labute approximate surface area is 122 Å². The normalized spacial score (nSPS) is 11.7. The molecule has 0 saturated heterocycles. The molecule has 1 heterocycles. The number of Topliss-reactive ketones (excluding diaryl/α,β-unsaturated/α-hetero) is 1. The number of carbonyl (C=O) groups is 1. The average molecular weight is 284 g/mol. The zero-order chi connectivity index (χ0) is 14.5. The molecule has 3 nitrogen and oxygen atoms in total. The van der Waals surface area contributed by atoms with Gasteiger partial charge in [-0.25, -0.2) is 0 Å². The van der Waals surface area contributed by atoms with Gasteiger partial charge in [-0.15, -0.1) is 11.3 Å². The Kier molecular flexibility index (Phi) is 4.54. The molecule has 0 radical (unpaired) electrons. The number of thiophene rings is 1. The summed E-state index contributed by atoms with van der Waals surface area (Å²) in [4.78, 5) is 12.7. The molecule has 1 aromatic carbocycles. The zero-order valence-electron chi connectivity index (χ0n) is 11.5. The molecule has 0 aliphatic heterocycles. The Hall–Kier alpha value is -2.12. The van der Waals surface area contributed by atoms with Crippen LogP contribution in [0.5, 0.6) is 0 Å². The predicted octanol–water partition coefficient (Wildman–Crippen LogP) is 4.04. The van der Waals surface area contributed by atoms with E-state index in [-0.39, 0.29) is 5.78 Å². The van der Waals surface area contributed by atoms with Gasteiger partial charge in [-0.1, -0.05) is 13.0 Å². The molecule has 4 heteroatoms. The van der Waals surface area contributed by atoms with E-state index in [4.69, 9.17) is 5.26 Å². The summed E-state index contributed by atoms with van der Waals surface area (Å²) in [6.45, 7) is 4.40. The van der Waals surface area contributed by atoms with E-state index in [0.717, 1.165) is 12.2 Å². The van der Waals surface area contributed by atoms with Crippen LogP contribution in [0, 0.1) is 11.3 Å². The second-order valence-electron chi connectivity index (χ2n) is 4.73. The van der Waals surface area contributed by atoms with Crippen molar-refractivity contribution in [2.75, 3.05) is 11.9 Å². The van der Waals surface area contributed by atoms with E-state index in [1.165, 1.54) is 11.8 Å². The first-order valence-electron chi connectivity index (χ1n) is 6.44. The van der Waals surface area contributed by atoms with Crippen LogP contribution in [0.15, 0.2) is 35.7 Å². The smallest absolute Gasteiger partial charge is 0.159 e. The lowest BCUT2D eigenvalue weighted by Crippen LogP contribution is -2.10. The largest absolute Gasteiger partial charge is 0.383 e. The molecule has 1 N–H and O–H groups in total. The summed E-state index contributed by atoms with van der Waals surface area (Å²) in [6, 6.07) is 11.4. The molecule has 2 aromatic rings. The Morgan fingerprint density at radius 2 is 2.25 bits per heavy atom. The summed E-state index contributed by atoms with van der Waals surface area (Å²) in [6.07, 6.45) is 0. The van der Waals surface area contributed by atoms with Crippen molar-refractivity contribution in [2.45, 2.75) is 19.8 Å². The lowest BCUT2D eigenvalue weighted by molar-refractivity contribution is 0.101. The van der Waals surface area contributed by atoms with Crippen molar-refractivity contribution in [3.05, 3.63) is 51.7 Å². The highest BCUT2D eigenvalue weighted by Gasteiger charge is 2.10. The first kappa shape index (κ1) is 14.3. The number of rotatable bonds is 5. The fourth-order valence-electron chi connectivity index (χ4n) is 1.94. The van der Waals surface area contributed by atoms with E-state index in [2.05, 4.69) is 29.8 Å². The van der Waals surface area contributed by atoms with Gasteiger partial charge in [0.05, 0.1) is 11.3 Å². The third-order valence-corrected chi connectivity index (χ3v) is 4.28. The van der Waals surface area contributed by atoms with Gasteiger partial charge in [0, 0.05) is 22.9 Å². The van der Waals surface area contributed by atoms with E-state index in [1.54, 1.807) is 29.5 Å². The molecule has 2 rings (SSSR count). The van der Waals surface area contributed by atoms with Crippen LogP contribution in [-0.4, -0.2) is 12.3 Å². The summed E-state index contributed by atoms with van der Waals surface area (Å²) in [5.74, 6) is 0.367. The van der Waals surface area contributed by atoms with E-state index in [0.29, 0.717) is 17.0 Å². The highest BCUT2D eigenvalue weighted by atomic mass is 32.1. The van der Waals surface area contributed by atoms with Gasteiger partial charge >= 0.3 is 0 Å². The second kappa shape index (κ2) is 6.36. The lowest BCUT2D eigenvalue weighted by atomic mass is 10.1. The number of anilines is 1. The summed E-state index contributed by atoms with van der Waals surface area (Å²) in [5.41, 5.74) is 1.91. The van der Waals surface area contributed by atoms with Crippen molar-refractivity contribution >= 4 is 22.8 Å². The van der Waals surface area contributed by atoms with Crippen LogP contribution in [0.2, 0.25) is 0 Å². The van der Waals surface area contributed by atoms with E-state index in [1.807, 2.05) is 6.07 Å². The van der Waals surface area contributed by atoms with Gasteiger partial charge in [-0.2, -0.15) is 5.26 Å². The topological polar surface area (TPSA) is 52.9 Å². The van der Waals surface area contributed by atoms with Gasteiger partial charge in [0.1, 0.15) is 6.07 Å². The summed E-state index contributed by atoms with van der Waals surface area (Å²) < 4.78 is 0. The standard InChI is InChI=1S/C16H16N2OS/c1-11(16-4-3-7-20-16)10-18-15-8-13(12(2)19)5-6-14(15)9-17/h3-8,11,18H,10H2,1-2H3. The van der Waals surface area contributed by atoms with Gasteiger partial charge in [0.25, 0.3) is 0 Å². The molecule has 0 amide bonds. The number of hydrogen-bond acceptors (Lipinski definition) is 4. The highest BCUT2D eigenvalue weighted by molar-refractivity contribution is 7.10. The fourth-order valence-corrected chi connectivity index (χ4v) is 2.73. The number of nitrogens with one attached hydrogen (secondary N) is 1. The van der Waals surface area contributed by atoms with E-state index in [9.17, 15) is 4.79 Å². The van der Waals surface area contributed by atoms with Crippen LogP contribution >= 0.6 is 11.3 Å². The number of ketones is 1. The molecule has 0 spiro atoms. The van der Waals surface area contributed by atoms with Crippen LogP contribution in [-0.2, 0) is 0 Å². The minimum absolute atomic E-state index is 0.00356. The van der Waals surface area contributed by atoms with Gasteiger partial charge in [0.15, 0.2) is 5.78 Å². The summed E-state index contributed by atoms with van der Waals surface area (Å²) >= 11 is 1.73. The predicted molar refractivity (Wildman–Crippen MR) is 82.4 cm³/mol. The number of carbonyl (C=O) groups excluding carboxylic acids is 1. The number of nitrogens with zero attached hydrogens (tertiary/aromatic N) is 1. The molecular weight excluding hydrogens is 268 g/mol. The number of nitriles is 1. The van der Waals surface area contributed by atoms with Crippen LogP contribution in [0.25, 0.3) is 0 Å². The molecule has 0 aliphatic rings. The molecule has 102 valence electrons. The SMILES string of the molecule is CC(=O)c1ccc(C#N)c(NCC(C)c2cccs2)c1. The van der Waals surface area contributed by atoms with Gasteiger partial charge in [0.2, 0.25) is 0 Å². The number of benzene rings is 1. The Morgan fingerprint density at radius 1 is 1.45 bits per heavy atom. The maximum Gasteiger partial charge on any atom is 0.159 e. The molecular formula is C16H16N2OS. The average Bonchev–Trinajstić information content (AvgIpc) is 2.98. The minimum atomic E-state index is 0.00356. The van der Waals surface area contributed by atoms with Crippen molar-refractivity contribution in [1.29, 1.82) is 5.26 Å². The first-order valence-corrected chi connectivity index (χ1v) is 7.32. The monoisotopic (exact) mass is 284 g/mol. The van der Waals surface area contributed by atoms with E-state index < -0.39 is 0 Å². The maximum atomic E-state index is 11.4. The zero-order valence-corrected chi connectivity index (χ0v) is 12.3. The van der Waals surface area contributed by atoms with Crippen molar-refractivity contribution in [3.8, 4) is 6.07 Å². The Bertz CT molecular complexity index is 641.